The highest BCUT2D eigenvalue weighted by Gasteiger charge is 2.35. The summed E-state index contributed by atoms with van der Waals surface area (Å²) < 4.78 is 0. The molecule has 0 radical (unpaired) electrons. The van der Waals surface area contributed by atoms with Crippen molar-refractivity contribution in [3.05, 3.63) is 18.0 Å². The molecule has 1 amide bonds. The van der Waals surface area contributed by atoms with Crippen LogP contribution in [0.2, 0.25) is 0 Å². The van der Waals surface area contributed by atoms with E-state index in [-0.39, 0.29) is 5.91 Å². The van der Waals surface area contributed by atoms with Crippen LogP contribution >= 0.6 is 0 Å². The van der Waals surface area contributed by atoms with E-state index >= 15 is 0 Å². The van der Waals surface area contributed by atoms with E-state index in [0.29, 0.717) is 17.6 Å². The highest BCUT2D eigenvalue weighted by Crippen LogP contribution is 2.24. The number of carbonyl (C=O) groups is 1. The van der Waals surface area contributed by atoms with Crippen LogP contribution in [0.3, 0.4) is 0 Å². The van der Waals surface area contributed by atoms with Crippen molar-refractivity contribution in [3.8, 4) is 0 Å². The van der Waals surface area contributed by atoms with Gasteiger partial charge in [-0.3, -0.25) is 14.8 Å². The van der Waals surface area contributed by atoms with Gasteiger partial charge in [-0.2, -0.15) is 5.10 Å². The Morgan fingerprint density at radius 2 is 2.33 bits per heavy atom. The minimum atomic E-state index is 0.112. The Bertz CT molecular complexity index is 417. The van der Waals surface area contributed by atoms with Gasteiger partial charge in [-0.05, 0) is 26.3 Å². The summed E-state index contributed by atoms with van der Waals surface area (Å²) >= 11 is 0. The summed E-state index contributed by atoms with van der Waals surface area (Å²) in [5, 5.41) is 6.57. The van der Waals surface area contributed by atoms with Crippen molar-refractivity contribution < 1.29 is 4.79 Å². The number of rotatable bonds is 1. The second-order valence-corrected chi connectivity index (χ2v) is 5.44. The van der Waals surface area contributed by atoms with Crippen LogP contribution in [-0.2, 0) is 0 Å². The van der Waals surface area contributed by atoms with Gasteiger partial charge >= 0.3 is 0 Å². The van der Waals surface area contributed by atoms with Gasteiger partial charge in [-0.15, -0.1) is 0 Å². The fourth-order valence-corrected chi connectivity index (χ4v) is 3.17. The third-order valence-electron chi connectivity index (χ3n) is 4.19. The van der Waals surface area contributed by atoms with Crippen molar-refractivity contribution >= 4 is 5.91 Å². The lowest BCUT2D eigenvalue weighted by molar-refractivity contribution is 0.0152. The van der Waals surface area contributed by atoms with Crippen molar-refractivity contribution in [1.82, 2.24) is 20.0 Å². The molecule has 0 bridgehead atoms. The number of piperazine rings is 1. The third-order valence-corrected chi connectivity index (χ3v) is 4.19. The molecule has 2 aliphatic heterocycles. The number of hydrogen-bond donors (Lipinski definition) is 1. The van der Waals surface area contributed by atoms with Crippen LogP contribution in [0.25, 0.3) is 0 Å². The minimum Gasteiger partial charge on any atom is -0.333 e. The number of hydrogen-bond acceptors (Lipinski definition) is 3. The number of fused-ring (bicyclic) bond motifs is 1. The van der Waals surface area contributed by atoms with E-state index in [1.165, 1.54) is 25.8 Å². The van der Waals surface area contributed by atoms with Gasteiger partial charge in [0.2, 0.25) is 0 Å². The lowest BCUT2D eigenvalue weighted by atomic mass is 9.97. The molecule has 18 heavy (non-hydrogen) atoms. The van der Waals surface area contributed by atoms with E-state index in [9.17, 15) is 4.79 Å². The van der Waals surface area contributed by atoms with Crippen LogP contribution in [0.5, 0.6) is 0 Å². The van der Waals surface area contributed by atoms with Gasteiger partial charge in [0.05, 0.1) is 11.8 Å². The van der Waals surface area contributed by atoms with E-state index < -0.39 is 0 Å². The van der Waals surface area contributed by atoms with Crippen molar-refractivity contribution in [1.29, 1.82) is 0 Å². The maximum Gasteiger partial charge on any atom is 0.257 e. The van der Waals surface area contributed by atoms with Crippen LogP contribution in [0.4, 0.5) is 0 Å². The predicted molar refractivity (Wildman–Crippen MR) is 68.3 cm³/mol. The molecule has 5 nitrogen and oxygen atoms in total. The molecule has 2 aliphatic rings. The fourth-order valence-electron chi connectivity index (χ4n) is 3.17. The number of amides is 1. The molecular weight excluding hydrogens is 228 g/mol. The smallest absolute Gasteiger partial charge is 0.257 e. The Morgan fingerprint density at radius 3 is 3.11 bits per heavy atom. The average molecular weight is 248 g/mol. The highest BCUT2D eigenvalue weighted by molar-refractivity contribution is 5.94. The summed E-state index contributed by atoms with van der Waals surface area (Å²) in [5.41, 5.74) is 0.672. The molecule has 5 heteroatoms. The first-order valence-corrected chi connectivity index (χ1v) is 6.79. The molecule has 2 unspecified atom stereocenters. The van der Waals surface area contributed by atoms with E-state index in [1.807, 2.05) is 4.90 Å². The van der Waals surface area contributed by atoms with Gasteiger partial charge in [0.25, 0.3) is 5.91 Å². The molecule has 3 heterocycles. The minimum absolute atomic E-state index is 0.112. The van der Waals surface area contributed by atoms with Gasteiger partial charge < -0.3 is 4.90 Å². The standard InChI is InChI=1S/C13H20N4O/c1-10-8-16-5-3-2-4-12(16)9-17(10)13(18)11-6-14-15-7-11/h6-7,10,12H,2-5,8-9H2,1H3,(H,14,15). The summed E-state index contributed by atoms with van der Waals surface area (Å²) in [7, 11) is 0. The second-order valence-electron chi connectivity index (χ2n) is 5.44. The van der Waals surface area contributed by atoms with Crippen molar-refractivity contribution in [2.24, 2.45) is 0 Å². The Balaban J connectivity index is 1.74. The second kappa shape index (κ2) is 4.72. The Morgan fingerprint density at radius 1 is 1.44 bits per heavy atom. The Hall–Kier alpha value is -1.36. The Kier molecular flexibility index (Phi) is 3.07. The zero-order chi connectivity index (χ0) is 12.5. The lowest BCUT2D eigenvalue weighted by Gasteiger charge is -2.47. The van der Waals surface area contributed by atoms with Gasteiger partial charge in [-0.1, -0.05) is 6.42 Å². The quantitative estimate of drug-likeness (QED) is 0.810. The van der Waals surface area contributed by atoms with Crippen LogP contribution in [0, 0.1) is 0 Å². The molecule has 1 N–H and O–H groups in total. The maximum atomic E-state index is 12.4. The molecule has 2 fully saturated rings. The summed E-state index contributed by atoms with van der Waals surface area (Å²) in [5.74, 6) is 0.112. The molecule has 0 aromatic carbocycles. The predicted octanol–water partition coefficient (Wildman–Crippen LogP) is 1.11. The first-order valence-electron chi connectivity index (χ1n) is 6.79. The zero-order valence-electron chi connectivity index (χ0n) is 10.8. The summed E-state index contributed by atoms with van der Waals surface area (Å²) in [4.78, 5) is 17.0. The summed E-state index contributed by atoms with van der Waals surface area (Å²) in [6.45, 7) is 5.21. The molecule has 0 saturated carbocycles. The number of nitrogens with zero attached hydrogens (tertiary/aromatic N) is 3. The van der Waals surface area contributed by atoms with Crippen molar-refractivity contribution in [2.45, 2.75) is 38.3 Å². The number of aromatic nitrogens is 2. The van der Waals surface area contributed by atoms with Crippen molar-refractivity contribution in [2.75, 3.05) is 19.6 Å². The number of aromatic amines is 1. The summed E-state index contributed by atoms with van der Waals surface area (Å²) in [6.07, 6.45) is 7.12. The molecule has 0 aliphatic carbocycles. The van der Waals surface area contributed by atoms with E-state index in [1.54, 1.807) is 12.4 Å². The monoisotopic (exact) mass is 248 g/mol. The topological polar surface area (TPSA) is 52.2 Å². The van der Waals surface area contributed by atoms with Crippen LogP contribution in [0.15, 0.2) is 12.4 Å². The highest BCUT2D eigenvalue weighted by atomic mass is 16.2. The number of H-pyrrole nitrogens is 1. The van der Waals surface area contributed by atoms with E-state index in [0.717, 1.165) is 13.1 Å². The van der Waals surface area contributed by atoms with Crippen LogP contribution in [0.1, 0.15) is 36.5 Å². The van der Waals surface area contributed by atoms with E-state index in [2.05, 4.69) is 22.0 Å². The van der Waals surface area contributed by atoms with E-state index in [4.69, 9.17) is 0 Å². The number of piperidine rings is 1. The molecule has 98 valence electrons. The van der Waals surface area contributed by atoms with Crippen molar-refractivity contribution in [3.63, 3.8) is 0 Å². The first kappa shape index (κ1) is 11.7. The molecule has 1 aromatic rings. The maximum absolute atomic E-state index is 12.4. The fraction of sp³-hybridized carbons (Fsp3) is 0.692. The van der Waals surface area contributed by atoms with Crippen LogP contribution < -0.4 is 0 Å². The van der Waals surface area contributed by atoms with Gasteiger partial charge in [0.1, 0.15) is 0 Å². The molecule has 1 aromatic heterocycles. The van der Waals surface area contributed by atoms with Gasteiger partial charge in [0, 0.05) is 31.4 Å². The Labute approximate surface area is 107 Å². The normalized spacial score (nSPS) is 29.1. The lowest BCUT2D eigenvalue weighted by Crippen LogP contribution is -2.60. The zero-order valence-corrected chi connectivity index (χ0v) is 10.8. The molecular formula is C13H20N4O. The molecule has 2 saturated heterocycles. The first-order chi connectivity index (χ1) is 8.75. The molecule has 3 rings (SSSR count). The molecule has 2 atom stereocenters. The summed E-state index contributed by atoms with van der Waals surface area (Å²) in [6, 6.07) is 0.854. The average Bonchev–Trinajstić information content (AvgIpc) is 2.91. The van der Waals surface area contributed by atoms with Gasteiger partial charge in [-0.25, -0.2) is 0 Å². The number of carbonyl (C=O) groups excluding carboxylic acids is 1. The number of nitrogens with one attached hydrogen (secondary N) is 1. The third kappa shape index (κ3) is 2.03. The SMILES string of the molecule is CC1CN2CCCCC2CN1C(=O)c1cn[nH]c1. The van der Waals surface area contributed by atoms with Crippen LogP contribution in [-0.4, -0.2) is 57.6 Å². The van der Waals surface area contributed by atoms with Gasteiger partial charge in [0.15, 0.2) is 0 Å². The largest absolute Gasteiger partial charge is 0.333 e. The molecule has 0 spiro atoms.